The van der Waals surface area contributed by atoms with Crippen molar-refractivity contribution in [2.24, 2.45) is 5.92 Å². The third-order valence-electron chi connectivity index (χ3n) is 3.97. The van der Waals surface area contributed by atoms with Crippen LogP contribution >= 0.6 is 0 Å². The second-order valence-corrected chi connectivity index (χ2v) is 5.35. The maximum atomic E-state index is 8.84. The first-order valence-electron chi connectivity index (χ1n) is 6.68. The van der Waals surface area contributed by atoms with Crippen LogP contribution in [0, 0.1) is 17.2 Å². The molecule has 0 bridgehead atoms. The molecule has 2 saturated carbocycles. The van der Waals surface area contributed by atoms with Crippen molar-refractivity contribution < 1.29 is 0 Å². The van der Waals surface area contributed by atoms with Gasteiger partial charge in [0.25, 0.3) is 0 Å². The number of hydrogen-bond donors (Lipinski definition) is 0. The first-order valence-corrected chi connectivity index (χ1v) is 6.68. The van der Waals surface area contributed by atoms with E-state index in [-0.39, 0.29) is 0 Å². The van der Waals surface area contributed by atoms with Crippen LogP contribution in [-0.2, 0) is 12.8 Å². The van der Waals surface area contributed by atoms with Crippen molar-refractivity contribution >= 4 is 0 Å². The molecule has 1 heterocycles. The highest BCUT2D eigenvalue weighted by molar-refractivity contribution is 5.17. The molecule has 2 fully saturated rings. The van der Waals surface area contributed by atoms with Crippen LogP contribution in [0.15, 0.2) is 0 Å². The predicted octanol–water partition coefficient (Wildman–Crippen LogP) is 2.41. The molecule has 0 aromatic carbocycles. The molecule has 2 aliphatic carbocycles. The maximum Gasteiger partial charge on any atom is 0.0999 e. The number of rotatable bonds is 4. The first-order chi connectivity index (χ1) is 8.38. The van der Waals surface area contributed by atoms with Gasteiger partial charge in [-0.05, 0) is 38.0 Å². The third kappa shape index (κ3) is 2.19. The van der Waals surface area contributed by atoms with E-state index in [1.165, 1.54) is 44.2 Å². The van der Waals surface area contributed by atoms with Crippen LogP contribution in [0.1, 0.15) is 56.0 Å². The van der Waals surface area contributed by atoms with Gasteiger partial charge in [0.05, 0.1) is 29.9 Å². The molecule has 0 saturated heterocycles. The van der Waals surface area contributed by atoms with E-state index in [1.807, 2.05) is 0 Å². The van der Waals surface area contributed by atoms with Gasteiger partial charge >= 0.3 is 0 Å². The van der Waals surface area contributed by atoms with E-state index < -0.39 is 0 Å². The molecule has 4 nitrogen and oxygen atoms in total. The van der Waals surface area contributed by atoms with Crippen LogP contribution in [0.2, 0.25) is 0 Å². The van der Waals surface area contributed by atoms with Crippen molar-refractivity contribution in [1.29, 1.82) is 5.26 Å². The largest absolute Gasteiger partial charge is 0.246 e. The molecule has 0 atom stereocenters. The highest BCUT2D eigenvalue weighted by Crippen LogP contribution is 2.36. The molecular weight excluding hydrogens is 212 g/mol. The molecule has 3 rings (SSSR count). The van der Waals surface area contributed by atoms with Crippen molar-refractivity contribution in [3.8, 4) is 6.07 Å². The number of hydrogen-bond acceptors (Lipinski definition) is 3. The minimum atomic E-state index is 0.411. The number of aromatic nitrogens is 3. The smallest absolute Gasteiger partial charge is 0.0999 e. The molecule has 4 heteroatoms. The Labute approximate surface area is 102 Å². The van der Waals surface area contributed by atoms with Gasteiger partial charge in [0.1, 0.15) is 0 Å². The van der Waals surface area contributed by atoms with Gasteiger partial charge in [0, 0.05) is 0 Å². The molecule has 0 unspecified atom stereocenters. The Kier molecular flexibility index (Phi) is 2.84. The van der Waals surface area contributed by atoms with Gasteiger partial charge < -0.3 is 0 Å². The van der Waals surface area contributed by atoms with Crippen molar-refractivity contribution in [2.75, 3.05) is 0 Å². The van der Waals surface area contributed by atoms with Gasteiger partial charge in [0.2, 0.25) is 0 Å². The fourth-order valence-corrected chi connectivity index (χ4v) is 2.81. The van der Waals surface area contributed by atoms with Gasteiger partial charge in [-0.3, -0.25) is 0 Å². The van der Waals surface area contributed by atoms with Crippen LogP contribution in [0.4, 0.5) is 0 Å². The van der Waals surface area contributed by atoms with Gasteiger partial charge in [-0.1, -0.05) is 18.1 Å². The van der Waals surface area contributed by atoms with Crippen LogP contribution in [0.25, 0.3) is 0 Å². The molecule has 0 spiro atoms. The highest BCUT2D eigenvalue weighted by Gasteiger charge is 2.28. The average Bonchev–Trinajstić information content (AvgIpc) is 2.84. The van der Waals surface area contributed by atoms with Gasteiger partial charge in [-0.25, -0.2) is 4.68 Å². The fraction of sp³-hybridized carbons (Fsp3) is 0.769. The monoisotopic (exact) mass is 230 g/mol. The molecule has 0 radical (unpaired) electrons. The Morgan fingerprint density at radius 1 is 1.24 bits per heavy atom. The van der Waals surface area contributed by atoms with Gasteiger partial charge in [-0.15, -0.1) is 5.10 Å². The lowest BCUT2D eigenvalue weighted by molar-refractivity contribution is 0.435. The average molecular weight is 230 g/mol. The number of nitriles is 1. The van der Waals surface area contributed by atoms with Gasteiger partial charge in [0.15, 0.2) is 0 Å². The molecule has 90 valence electrons. The predicted molar refractivity (Wildman–Crippen MR) is 63.3 cm³/mol. The summed E-state index contributed by atoms with van der Waals surface area (Å²) in [5.74, 6) is 0.825. The molecule has 0 amide bonds. The van der Waals surface area contributed by atoms with Gasteiger partial charge in [-0.2, -0.15) is 5.26 Å². The Morgan fingerprint density at radius 2 is 2.00 bits per heavy atom. The van der Waals surface area contributed by atoms with Crippen molar-refractivity contribution in [3.63, 3.8) is 0 Å². The van der Waals surface area contributed by atoms with Crippen LogP contribution in [0.5, 0.6) is 0 Å². The summed E-state index contributed by atoms with van der Waals surface area (Å²) in [6, 6.07) is 2.75. The Bertz CT molecular complexity index is 433. The standard InChI is InChI=1S/C13H18N4/c14-8-7-12-13(9-10-5-6-10)17(16-15-12)11-3-1-2-4-11/h10-11H,1-7,9H2. The summed E-state index contributed by atoms with van der Waals surface area (Å²) in [5, 5.41) is 17.4. The zero-order valence-corrected chi connectivity index (χ0v) is 10.1. The third-order valence-corrected chi connectivity index (χ3v) is 3.97. The normalized spacial score (nSPS) is 20.6. The second-order valence-electron chi connectivity index (χ2n) is 5.35. The lowest BCUT2D eigenvalue weighted by Gasteiger charge is -2.13. The summed E-state index contributed by atoms with van der Waals surface area (Å²) in [4.78, 5) is 0. The van der Waals surface area contributed by atoms with E-state index in [4.69, 9.17) is 5.26 Å². The zero-order chi connectivity index (χ0) is 11.7. The van der Waals surface area contributed by atoms with Crippen LogP contribution < -0.4 is 0 Å². The van der Waals surface area contributed by atoms with E-state index in [9.17, 15) is 0 Å². The summed E-state index contributed by atoms with van der Waals surface area (Å²) < 4.78 is 2.14. The summed E-state index contributed by atoms with van der Waals surface area (Å²) in [5.41, 5.74) is 2.17. The molecular formula is C13H18N4. The minimum absolute atomic E-state index is 0.411. The van der Waals surface area contributed by atoms with Crippen molar-refractivity contribution in [2.45, 2.75) is 57.4 Å². The minimum Gasteiger partial charge on any atom is -0.246 e. The fourth-order valence-electron chi connectivity index (χ4n) is 2.81. The molecule has 1 aromatic heterocycles. The summed E-state index contributed by atoms with van der Waals surface area (Å²) in [6.45, 7) is 0. The summed E-state index contributed by atoms with van der Waals surface area (Å²) >= 11 is 0. The molecule has 0 N–H and O–H groups in total. The first kappa shape index (κ1) is 10.8. The molecule has 1 aromatic rings. The quantitative estimate of drug-likeness (QED) is 0.798. The highest BCUT2D eigenvalue weighted by atomic mass is 15.4. The summed E-state index contributed by atoms with van der Waals surface area (Å²) in [7, 11) is 0. The van der Waals surface area contributed by atoms with Crippen LogP contribution in [-0.4, -0.2) is 15.0 Å². The summed E-state index contributed by atoms with van der Waals surface area (Å²) in [6.07, 6.45) is 9.24. The molecule has 0 aliphatic heterocycles. The lowest BCUT2D eigenvalue weighted by Crippen LogP contribution is -2.12. The van der Waals surface area contributed by atoms with E-state index in [0.717, 1.165) is 18.0 Å². The Hall–Kier alpha value is -1.37. The lowest BCUT2D eigenvalue weighted by atomic mass is 10.1. The Morgan fingerprint density at radius 3 is 2.65 bits per heavy atom. The van der Waals surface area contributed by atoms with E-state index in [2.05, 4.69) is 21.1 Å². The molecule has 17 heavy (non-hydrogen) atoms. The molecule has 2 aliphatic rings. The van der Waals surface area contributed by atoms with E-state index in [1.54, 1.807) is 0 Å². The van der Waals surface area contributed by atoms with Crippen LogP contribution in [0.3, 0.4) is 0 Å². The number of nitrogens with zero attached hydrogens (tertiary/aromatic N) is 4. The van der Waals surface area contributed by atoms with Crippen molar-refractivity contribution in [1.82, 2.24) is 15.0 Å². The SMILES string of the molecule is N#CCc1nnn(C2CCCC2)c1CC1CC1. The maximum absolute atomic E-state index is 8.84. The van der Waals surface area contributed by atoms with Crippen molar-refractivity contribution in [3.05, 3.63) is 11.4 Å². The van der Waals surface area contributed by atoms with E-state index >= 15 is 0 Å². The second kappa shape index (κ2) is 4.48. The topological polar surface area (TPSA) is 54.5 Å². The van der Waals surface area contributed by atoms with E-state index in [0.29, 0.717) is 12.5 Å². The zero-order valence-electron chi connectivity index (χ0n) is 10.1. The Balaban J connectivity index is 1.87.